The highest BCUT2D eigenvalue weighted by Gasteiger charge is 2.16. The number of primary amides is 1. The maximum absolute atomic E-state index is 10.4. The lowest BCUT2D eigenvalue weighted by Gasteiger charge is -1.84. The maximum atomic E-state index is 10.4. The van der Waals surface area contributed by atoms with E-state index >= 15 is 0 Å². The number of carbonyl (C=O) groups excluding carboxylic acids is 1. The van der Waals surface area contributed by atoms with E-state index in [1.807, 2.05) is 0 Å². The predicted molar refractivity (Wildman–Crippen MR) is 40.4 cm³/mol. The van der Waals surface area contributed by atoms with Crippen LogP contribution in [0.1, 0.15) is 10.5 Å². The highest BCUT2D eigenvalue weighted by Crippen LogP contribution is 2.15. The van der Waals surface area contributed by atoms with E-state index in [0.29, 0.717) is 11.5 Å². The van der Waals surface area contributed by atoms with Crippen LogP contribution in [0.25, 0.3) is 0 Å². The van der Waals surface area contributed by atoms with Crippen molar-refractivity contribution in [3.8, 4) is 0 Å². The fourth-order valence-corrected chi connectivity index (χ4v) is 1.74. The van der Waals surface area contributed by atoms with Gasteiger partial charge in [0.25, 0.3) is 5.91 Å². The summed E-state index contributed by atoms with van der Waals surface area (Å²) in [5.41, 5.74) is 4.63. The van der Waals surface area contributed by atoms with Crippen LogP contribution >= 0.6 is 11.5 Å². The van der Waals surface area contributed by atoms with Crippen molar-refractivity contribution in [2.75, 3.05) is 0 Å². The maximum Gasteiger partial charge on any atom is 0.305 e. The molecule has 12 heavy (non-hydrogen) atoms. The molecule has 66 valence electrons. The molecule has 1 aromatic rings. The van der Waals surface area contributed by atoms with E-state index in [4.69, 9.17) is 10.3 Å². The number of rotatable bonds is 2. The van der Waals surface area contributed by atoms with Crippen LogP contribution in [-0.2, 0) is 10.1 Å². The fourth-order valence-electron chi connectivity index (χ4n) is 0.496. The van der Waals surface area contributed by atoms with Crippen LogP contribution in [0.5, 0.6) is 0 Å². The van der Waals surface area contributed by atoms with E-state index in [1.54, 1.807) is 0 Å². The molecule has 0 bridgehead atoms. The first-order valence-electron chi connectivity index (χ1n) is 2.65. The third-order valence-corrected chi connectivity index (χ3v) is 3.06. The summed E-state index contributed by atoms with van der Waals surface area (Å²) in [5.74, 6) is -0.832. The second-order valence-electron chi connectivity index (χ2n) is 1.87. The number of hydrogen-bond donors (Lipinski definition) is 2. The summed E-state index contributed by atoms with van der Waals surface area (Å²) in [6.07, 6.45) is 0. The molecule has 0 aromatic carbocycles. The molecule has 0 radical (unpaired) electrons. The van der Waals surface area contributed by atoms with E-state index in [1.165, 1.54) is 0 Å². The largest absolute Gasteiger partial charge is 0.364 e. The fraction of sp³-hybridized carbons (Fsp3) is 0. The topological polar surface area (TPSA) is 110 Å². The van der Waals surface area contributed by atoms with Crippen molar-refractivity contribution in [2.24, 2.45) is 5.73 Å². The molecule has 1 heterocycles. The third-order valence-electron chi connectivity index (χ3n) is 0.995. The van der Waals surface area contributed by atoms with Gasteiger partial charge in [0, 0.05) is 6.07 Å². The highest BCUT2D eigenvalue weighted by molar-refractivity contribution is 7.88. The number of nitrogens with zero attached hydrogens (tertiary/aromatic N) is 1. The lowest BCUT2D eigenvalue weighted by molar-refractivity contribution is 0.0996. The zero-order valence-corrected chi connectivity index (χ0v) is 7.22. The van der Waals surface area contributed by atoms with Crippen molar-refractivity contribution in [3.63, 3.8) is 0 Å². The number of amides is 1. The molecule has 0 atom stereocenters. The van der Waals surface area contributed by atoms with Crippen molar-refractivity contribution < 1.29 is 17.8 Å². The molecule has 0 unspecified atom stereocenters. The van der Waals surface area contributed by atoms with Crippen LogP contribution in [0, 0.1) is 0 Å². The standard InChI is InChI=1S/C4H4N2O4S2/c5-4(7)2-1-3(11-6-2)12(8,9)10/h1H,(H2,5,7)(H,8,9,10). The number of aromatic nitrogens is 1. The molecule has 0 saturated carbocycles. The van der Waals surface area contributed by atoms with E-state index < -0.39 is 20.2 Å². The van der Waals surface area contributed by atoms with Crippen molar-refractivity contribution in [1.82, 2.24) is 4.37 Å². The molecule has 0 saturated heterocycles. The summed E-state index contributed by atoms with van der Waals surface area (Å²) in [4.78, 5) is 10.4. The summed E-state index contributed by atoms with van der Waals surface area (Å²) >= 11 is 0.496. The van der Waals surface area contributed by atoms with Gasteiger partial charge in [-0.2, -0.15) is 12.8 Å². The van der Waals surface area contributed by atoms with E-state index in [9.17, 15) is 13.2 Å². The average Bonchev–Trinajstić information content (AvgIpc) is 2.30. The van der Waals surface area contributed by atoms with Gasteiger partial charge in [-0.15, -0.1) is 0 Å². The molecule has 1 amide bonds. The first-order valence-corrected chi connectivity index (χ1v) is 4.86. The van der Waals surface area contributed by atoms with E-state index in [-0.39, 0.29) is 5.69 Å². The second kappa shape index (κ2) is 2.81. The van der Waals surface area contributed by atoms with Crippen molar-refractivity contribution in [3.05, 3.63) is 11.8 Å². The Morgan fingerprint density at radius 1 is 1.67 bits per heavy atom. The van der Waals surface area contributed by atoms with Crippen LogP contribution in [0.4, 0.5) is 0 Å². The van der Waals surface area contributed by atoms with Crippen LogP contribution in [-0.4, -0.2) is 23.3 Å². The normalized spacial score (nSPS) is 11.4. The Labute approximate surface area is 71.9 Å². The summed E-state index contributed by atoms with van der Waals surface area (Å²) in [6, 6.07) is 0.919. The monoisotopic (exact) mass is 208 g/mol. The lowest BCUT2D eigenvalue weighted by atomic mass is 10.4. The van der Waals surface area contributed by atoms with E-state index in [0.717, 1.165) is 6.07 Å². The summed E-state index contributed by atoms with van der Waals surface area (Å²) in [7, 11) is -4.27. The average molecular weight is 208 g/mol. The first kappa shape index (κ1) is 9.10. The van der Waals surface area contributed by atoms with Crippen molar-refractivity contribution in [2.45, 2.75) is 4.21 Å². The molecule has 1 rings (SSSR count). The van der Waals surface area contributed by atoms with Gasteiger partial charge in [0.1, 0.15) is 5.69 Å². The van der Waals surface area contributed by atoms with Gasteiger partial charge in [-0.05, 0) is 11.5 Å². The van der Waals surface area contributed by atoms with Gasteiger partial charge in [0.15, 0.2) is 4.21 Å². The first-order chi connectivity index (χ1) is 5.41. The van der Waals surface area contributed by atoms with Crippen LogP contribution < -0.4 is 5.73 Å². The lowest BCUT2D eigenvalue weighted by Crippen LogP contribution is -2.10. The smallest absolute Gasteiger partial charge is 0.305 e. The summed E-state index contributed by atoms with van der Waals surface area (Å²) in [5, 5.41) is 0. The molecule has 3 N–H and O–H groups in total. The zero-order valence-electron chi connectivity index (χ0n) is 5.59. The SMILES string of the molecule is NC(=O)c1cc(S(=O)(=O)O)sn1. The Morgan fingerprint density at radius 2 is 2.25 bits per heavy atom. The Hall–Kier alpha value is -0.990. The molecule has 1 aromatic heterocycles. The quantitative estimate of drug-likeness (QED) is 0.636. The summed E-state index contributed by atoms with van der Waals surface area (Å²) < 4.78 is 32.4. The number of nitrogens with two attached hydrogens (primary N) is 1. The van der Waals surface area contributed by atoms with Gasteiger partial charge < -0.3 is 5.73 Å². The molecule has 8 heteroatoms. The Balaban J connectivity index is 3.17. The van der Waals surface area contributed by atoms with Gasteiger partial charge in [-0.25, -0.2) is 0 Å². The van der Waals surface area contributed by atoms with E-state index in [2.05, 4.69) is 4.37 Å². The molecule has 0 aliphatic heterocycles. The third kappa shape index (κ3) is 1.78. The molecular weight excluding hydrogens is 204 g/mol. The minimum absolute atomic E-state index is 0.173. The van der Waals surface area contributed by atoms with Gasteiger partial charge in [-0.1, -0.05) is 0 Å². The molecular formula is C4H4N2O4S2. The minimum Gasteiger partial charge on any atom is -0.364 e. The van der Waals surface area contributed by atoms with Crippen LogP contribution in [0.15, 0.2) is 10.3 Å². The van der Waals surface area contributed by atoms with Gasteiger partial charge in [-0.3, -0.25) is 9.35 Å². The Kier molecular flexibility index (Phi) is 2.13. The van der Waals surface area contributed by atoms with Gasteiger partial charge in [0.05, 0.1) is 0 Å². The van der Waals surface area contributed by atoms with Crippen molar-refractivity contribution in [1.29, 1.82) is 0 Å². The molecule has 0 aliphatic carbocycles. The van der Waals surface area contributed by atoms with Crippen LogP contribution in [0.3, 0.4) is 0 Å². The van der Waals surface area contributed by atoms with Gasteiger partial charge >= 0.3 is 10.1 Å². The minimum atomic E-state index is -4.27. The molecule has 0 aliphatic rings. The molecule has 0 spiro atoms. The zero-order chi connectivity index (χ0) is 9.35. The highest BCUT2D eigenvalue weighted by atomic mass is 32.3. The Bertz CT molecular complexity index is 406. The molecule has 6 nitrogen and oxygen atoms in total. The Morgan fingerprint density at radius 3 is 2.50 bits per heavy atom. The number of hydrogen-bond acceptors (Lipinski definition) is 5. The van der Waals surface area contributed by atoms with Crippen molar-refractivity contribution >= 4 is 27.6 Å². The number of carbonyl (C=O) groups is 1. The second-order valence-corrected chi connectivity index (χ2v) is 4.32. The predicted octanol–water partition coefficient (Wildman–Crippen LogP) is -0.511. The van der Waals surface area contributed by atoms with Gasteiger partial charge in [0.2, 0.25) is 0 Å². The van der Waals surface area contributed by atoms with Crippen LogP contribution in [0.2, 0.25) is 0 Å². The summed E-state index contributed by atoms with van der Waals surface area (Å²) in [6.45, 7) is 0. The molecule has 0 fully saturated rings.